The summed E-state index contributed by atoms with van der Waals surface area (Å²) in [6.45, 7) is 1.05. The fraction of sp³-hybridized carbons (Fsp3) is 0.294. The normalized spacial score (nSPS) is 17.7. The fourth-order valence-electron chi connectivity index (χ4n) is 2.60. The predicted octanol–water partition coefficient (Wildman–Crippen LogP) is 2.87. The van der Waals surface area contributed by atoms with Crippen molar-refractivity contribution >= 4 is 23.2 Å². The molecule has 1 atom stereocenters. The first kappa shape index (κ1) is 16.6. The zero-order chi connectivity index (χ0) is 17.1. The number of carbonyl (C=O) groups excluding carboxylic acids is 1. The van der Waals surface area contributed by atoms with Crippen LogP contribution in [0.2, 0.25) is 0 Å². The van der Waals surface area contributed by atoms with Gasteiger partial charge in [-0.05, 0) is 29.8 Å². The first-order valence-electron chi connectivity index (χ1n) is 7.51. The van der Waals surface area contributed by atoms with Gasteiger partial charge in [0.2, 0.25) is 0 Å². The van der Waals surface area contributed by atoms with E-state index in [1.165, 1.54) is 23.5 Å². The van der Waals surface area contributed by atoms with E-state index in [0.717, 1.165) is 10.4 Å². The van der Waals surface area contributed by atoms with Gasteiger partial charge in [0.15, 0.2) is 0 Å². The van der Waals surface area contributed by atoms with Gasteiger partial charge in [-0.3, -0.25) is 9.59 Å². The van der Waals surface area contributed by atoms with Crippen LogP contribution in [-0.4, -0.2) is 47.7 Å². The summed E-state index contributed by atoms with van der Waals surface area (Å²) in [5.74, 6) is -1.37. The molecule has 1 aliphatic rings. The number of carboxylic acids is 1. The molecule has 7 heteroatoms. The van der Waals surface area contributed by atoms with Crippen LogP contribution in [0.25, 0.3) is 10.4 Å². The minimum atomic E-state index is -0.941. The van der Waals surface area contributed by atoms with Crippen molar-refractivity contribution in [3.05, 3.63) is 47.1 Å². The Labute approximate surface area is 142 Å². The fourth-order valence-corrected chi connectivity index (χ4v) is 3.58. The van der Waals surface area contributed by atoms with Crippen molar-refractivity contribution in [1.82, 2.24) is 4.90 Å². The lowest BCUT2D eigenvalue weighted by molar-refractivity contribution is -0.141. The lowest BCUT2D eigenvalue weighted by Crippen LogP contribution is -2.46. The molecule has 0 unspecified atom stereocenters. The summed E-state index contributed by atoms with van der Waals surface area (Å²) < 4.78 is 18.4. The number of carboxylic acid groups (broad SMARTS) is 1. The Balaban J connectivity index is 1.71. The van der Waals surface area contributed by atoms with Crippen LogP contribution in [0.4, 0.5) is 4.39 Å². The molecule has 1 amide bonds. The van der Waals surface area contributed by atoms with E-state index in [0.29, 0.717) is 18.0 Å². The Morgan fingerprint density at radius 3 is 2.71 bits per heavy atom. The maximum Gasteiger partial charge on any atom is 0.306 e. The van der Waals surface area contributed by atoms with E-state index in [4.69, 9.17) is 9.84 Å². The van der Waals surface area contributed by atoms with Crippen LogP contribution in [0, 0.1) is 5.82 Å². The molecule has 1 aromatic heterocycles. The summed E-state index contributed by atoms with van der Waals surface area (Å²) in [5.41, 5.74) is 0.853. The van der Waals surface area contributed by atoms with E-state index in [1.807, 2.05) is 6.07 Å². The first-order chi connectivity index (χ1) is 11.5. The van der Waals surface area contributed by atoms with Crippen molar-refractivity contribution in [2.75, 3.05) is 19.7 Å². The molecule has 2 aromatic rings. The number of aliphatic carboxylic acids is 1. The van der Waals surface area contributed by atoms with Gasteiger partial charge in [0, 0.05) is 18.0 Å². The number of benzene rings is 1. The second kappa shape index (κ2) is 7.11. The molecule has 1 saturated heterocycles. The SMILES string of the molecule is O=C(O)C[C@H]1CN(C(=O)c2ccc(-c3ccc(F)cc3)s2)CCO1. The minimum absolute atomic E-state index is 0.116. The van der Waals surface area contributed by atoms with Gasteiger partial charge in [-0.15, -0.1) is 11.3 Å². The molecule has 24 heavy (non-hydrogen) atoms. The average molecular weight is 349 g/mol. The predicted molar refractivity (Wildman–Crippen MR) is 87.6 cm³/mol. The summed E-state index contributed by atoms with van der Waals surface area (Å²) in [5, 5.41) is 8.85. The largest absolute Gasteiger partial charge is 0.481 e. The molecule has 5 nitrogen and oxygen atoms in total. The van der Waals surface area contributed by atoms with E-state index in [2.05, 4.69) is 0 Å². The quantitative estimate of drug-likeness (QED) is 0.922. The number of thiophene rings is 1. The number of morpholine rings is 1. The highest BCUT2D eigenvalue weighted by molar-refractivity contribution is 7.17. The van der Waals surface area contributed by atoms with Crippen LogP contribution in [0.3, 0.4) is 0 Å². The third-order valence-corrected chi connectivity index (χ3v) is 4.90. The Kier molecular flexibility index (Phi) is 4.92. The maximum absolute atomic E-state index is 13.0. The van der Waals surface area contributed by atoms with Crippen LogP contribution < -0.4 is 0 Å². The summed E-state index contributed by atoms with van der Waals surface area (Å²) >= 11 is 1.34. The summed E-state index contributed by atoms with van der Waals surface area (Å²) in [6.07, 6.45) is -0.591. The van der Waals surface area contributed by atoms with Crippen molar-refractivity contribution < 1.29 is 23.8 Å². The lowest BCUT2D eigenvalue weighted by Gasteiger charge is -2.32. The monoisotopic (exact) mass is 349 g/mol. The Morgan fingerprint density at radius 2 is 2.00 bits per heavy atom. The van der Waals surface area contributed by atoms with E-state index in [9.17, 15) is 14.0 Å². The van der Waals surface area contributed by atoms with Gasteiger partial charge >= 0.3 is 5.97 Å². The van der Waals surface area contributed by atoms with E-state index >= 15 is 0 Å². The number of hydrogen-bond donors (Lipinski definition) is 1. The van der Waals surface area contributed by atoms with Crippen LogP contribution in [0.1, 0.15) is 16.1 Å². The molecule has 1 aliphatic heterocycles. The number of rotatable bonds is 4. The third-order valence-electron chi connectivity index (χ3n) is 3.77. The van der Waals surface area contributed by atoms with Crippen molar-refractivity contribution in [2.45, 2.75) is 12.5 Å². The van der Waals surface area contributed by atoms with Gasteiger partial charge in [-0.25, -0.2) is 4.39 Å². The minimum Gasteiger partial charge on any atom is -0.481 e. The summed E-state index contributed by atoms with van der Waals surface area (Å²) in [6, 6.07) is 9.69. The van der Waals surface area contributed by atoms with Gasteiger partial charge in [-0.1, -0.05) is 12.1 Å². The van der Waals surface area contributed by atoms with Gasteiger partial charge in [0.05, 0.1) is 24.0 Å². The average Bonchev–Trinajstić information content (AvgIpc) is 3.04. The number of nitrogens with zero attached hydrogens (tertiary/aromatic N) is 1. The standard InChI is InChI=1S/C17H16FNO4S/c18-12-3-1-11(2-4-12)14-5-6-15(24-14)17(22)19-7-8-23-13(10-19)9-16(20)21/h1-6,13H,7-10H2,(H,20,21)/t13-/m0/s1. The van der Waals surface area contributed by atoms with E-state index in [-0.39, 0.29) is 24.7 Å². The van der Waals surface area contributed by atoms with Gasteiger partial charge < -0.3 is 14.7 Å². The molecule has 1 fully saturated rings. The Bertz CT molecular complexity index is 743. The summed E-state index contributed by atoms with van der Waals surface area (Å²) in [4.78, 5) is 26.5. The molecule has 1 N–H and O–H groups in total. The topological polar surface area (TPSA) is 66.8 Å². The molecule has 0 saturated carbocycles. The molecule has 0 bridgehead atoms. The van der Waals surface area contributed by atoms with Gasteiger partial charge in [-0.2, -0.15) is 0 Å². The Hall–Kier alpha value is -2.25. The van der Waals surface area contributed by atoms with Crippen molar-refractivity contribution in [3.63, 3.8) is 0 Å². The highest BCUT2D eigenvalue weighted by atomic mass is 32.1. The van der Waals surface area contributed by atoms with Crippen molar-refractivity contribution in [2.24, 2.45) is 0 Å². The number of ether oxygens (including phenoxy) is 1. The molecular formula is C17H16FNO4S. The Morgan fingerprint density at radius 1 is 1.25 bits per heavy atom. The number of carbonyl (C=O) groups is 2. The van der Waals surface area contributed by atoms with Crippen molar-refractivity contribution in [1.29, 1.82) is 0 Å². The van der Waals surface area contributed by atoms with Gasteiger partial charge in [0.25, 0.3) is 5.91 Å². The molecule has 1 aromatic carbocycles. The smallest absolute Gasteiger partial charge is 0.306 e. The number of hydrogen-bond acceptors (Lipinski definition) is 4. The highest BCUT2D eigenvalue weighted by Gasteiger charge is 2.27. The number of amides is 1. The zero-order valence-electron chi connectivity index (χ0n) is 12.8. The number of halogens is 1. The molecule has 0 radical (unpaired) electrons. The molecule has 3 rings (SSSR count). The molecular weight excluding hydrogens is 333 g/mol. The van der Waals surface area contributed by atoms with Crippen LogP contribution in [0.15, 0.2) is 36.4 Å². The molecule has 2 heterocycles. The highest BCUT2D eigenvalue weighted by Crippen LogP contribution is 2.29. The lowest BCUT2D eigenvalue weighted by atomic mass is 10.2. The van der Waals surface area contributed by atoms with E-state index in [1.54, 1.807) is 23.1 Å². The first-order valence-corrected chi connectivity index (χ1v) is 8.33. The van der Waals surface area contributed by atoms with Crippen LogP contribution in [-0.2, 0) is 9.53 Å². The van der Waals surface area contributed by atoms with Crippen LogP contribution >= 0.6 is 11.3 Å². The third kappa shape index (κ3) is 3.80. The second-order valence-corrected chi connectivity index (χ2v) is 6.60. The zero-order valence-corrected chi connectivity index (χ0v) is 13.6. The van der Waals surface area contributed by atoms with E-state index < -0.39 is 12.1 Å². The maximum atomic E-state index is 13.0. The molecule has 126 valence electrons. The second-order valence-electron chi connectivity index (χ2n) is 5.51. The van der Waals surface area contributed by atoms with Gasteiger partial charge in [0.1, 0.15) is 5.82 Å². The van der Waals surface area contributed by atoms with Crippen molar-refractivity contribution in [3.8, 4) is 10.4 Å². The molecule has 0 spiro atoms. The van der Waals surface area contributed by atoms with Crippen LogP contribution in [0.5, 0.6) is 0 Å². The summed E-state index contributed by atoms with van der Waals surface area (Å²) in [7, 11) is 0. The molecule has 0 aliphatic carbocycles.